The van der Waals surface area contributed by atoms with Gasteiger partial charge in [0.05, 0.1) is 4.90 Å². The van der Waals surface area contributed by atoms with Crippen molar-refractivity contribution in [3.8, 4) is 0 Å². The van der Waals surface area contributed by atoms with Crippen LogP contribution in [0.15, 0.2) is 102 Å². The Hall–Kier alpha value is -3.95. The average molecular weight is 508 g/mol. The maximum atomic E-state index is 13.9. The lowest BCUT2D eigenvalue weighted by molar-refractivity contribution is -0.136. The van der Waals surface area contributed by atoms with Gasteiger partial charge in [-0.15, -0.1) is 0 Å². The smallest absolute Gasteiger partial charge is 0.303 e. The van der Waals surface area contributed by atoms with Crippen LogP contribution in [0.2, 0.25) is 0 Å². The second-order valence-corrected chi connectivity index (χ2v) is 10.0. The third-order valence-corrected chi connectivity index (χ3v) is 7.49. The Bertz CT molecular complexity index is 1360. The van der Waals surface area contributed by atoms with Crippen LogP contribution < -0.4 is 0 Å². The van der Waals surface area contributed by atoms with Crippen molar-refractivity contribution in [3.63, 3.8) is 0 Å². The zero-order chi connectivity index (χ0) is 25.5. The van der Waals surface area contributed by atoms with Crippen molar-refractivity contribution in [2.75, 3.05) is 6.79 Å². The van der Waals surface area contributed by atoms with Crippen molar-refractivity contribution in [2.45, 2.75) is 30.3 Å². The molecule has 0 saturated heterocycles. The predicted octanol–water partition coefficient (Wildman–Crippen LogP) is 3.99. The zero-order valence-corrected chi connectivity index (χ0v) is 20.1. The Kier molecular flexibility index (Phi) is 7.82. The standard InChI is InChI=1S/C27H25NO7S/c29-25(30)15-14-20-8-7-9-21(16-20)17-28(36(32,33)23-12-5-2-6-13-23)26(24-18-34-19-35-24)27(31)22-10-3-1-4-11-22/h1-13,16,18,26H,14-15,17,19H2,(H,29,30). The molecule has 1 aliphatic rings. The highest BCUT2D eigenvalue weighted by Gasteiger charge is 2.41. The highest BCUT2D eigenvalue weighted by molar-refractivity contribution is 7.89. The maximum absolute atomic E-state index is 13.9. The molecule has 4 rings (SSSR count). The molecule has 36 heavy (non-hydrogen) atoms. The summed E-state index contributed by atoms with van der Waals surface area (Å²) in [5.74, 6) is -1.30. The number of benzene rings is 3. The number of Topliss-reactive ketones (excluding diaryl/α,β-unsaturated/α-hetero) is 1. The molecule has 3 aromatic rings. The third kappa shape index (κ3) is 5.81. The van der Waals surface area contributed by atoms with Crippen molar-refractivity contribution < 1.29 is 32.6 Å². The average Bonchev–Trinajstić information content (AvgIpc) is 3.43. The van der Waals surface area contributed by atoms with Gasteiger partial charge in [0.15, 0.2) is 11.5 Å². The number of ketones is 1. The molecule has 1 N–H and O–H groups in total. The van der Waals surface area contributed by atoms with Crippen LogP contribution in [0.4, 0.5) is 0 Å². The number of carbonyl (C=O) groups excluding carboxylic acids is 1. The number of aryl methyl sites for hydroxylation is 1. The monoisotopic (exact) mass is 507 g/mol. The first kappa shape index (κ1) is 25.2. The summed E-state index contributed by atoms with van der Waals surface area (Å²) in [6.45, 7) is -0.278. The Labute approximate surface area is 209 Å². The number of carbonyl (C=O) groups is 2. The van der Waals surface area contributed by atoms with E-state index < -0.39 is 27.8 Å². The molecule has 0 spiro atoms. The van der Waals surface area contributed by atoms with Crippen molar-refractivity contribution in [2.24, 2.45) is 0 Å². The fourth-order valence-electron chi connectivity index (χ4n) is 3.92. The summed E-state index contributed by atoms with van der Waals surface area (Å²) in [5.41, 5.74) is 1.67. The molecular weight excluding hydrogens is 482 g/mol. The molecule has 1 atom stereocenters. The molecule has 9 heteroatoms. The summed E-state index contributed by atoms with van der Waals surface area (Å²) in [6.07, 6.45) is 1.51. The van der Waals surface area contributed by atoms with Crippen LogP contribution in [0.5, 0.6) is 0 Å². The van der Waals surface area contributed by atoms with E-state index in [4.69, 9.17) is 14.6 Å². The Morgan fingerprint density at radius 2 is 1.58 bits per heavy atom. The molecule has 1 unspecified atom stereocenters. The predicted molar refractivity (Wildman–Crippen MR) is 131 cm³/mol. The summed E-state index contributed by atoms with van der Waals surface area (Å²) in [5, 5.41) is 9.03. The van der Waals surface area contributed by atoms with Gasteiger partial charge < -0.3 is 14.6 Å². The summed E-state index contributed by atoms with van der Waals surface area (Å²) in [6, 6.07) is 22.0. The van der Waals surface area contributed by atoms with Crippen molar-refractivity contribution in [1.29, 1.82) is 0 Å². The van der Waals surface area contributed by atoms with Gasteiger partial charge in [-0.05, 0) is 29.7 Å². The van der Waals surface area contributed by atoms with Gasteiger partial charge in [-0.1, -0.05) is 72.8 Å². The summed E-state index contributed by atoms with van der Waals surface area (Å²) in [4.78, 5) is 24.8. The molecule has 0 aromatic heterocycles. The third-order valence-electron chi connectivity index (χ3n) is 5.66. The topological polar surface area (TPSA) is 110 Å². The molecule has 0 amide bonds. The van der Waals surface area contributed by atoms with Gasteiger partial charge in [-0.2, -0.15) is 4.31 Å². The quantitative estimate of drug-likeness (QED) is 0.391. The van der Waals surface area contributed by atoms with E-state index in [0.717, 1.165) is 9.87 Å². The molecule has 0 aliphatic carbocycles. The van der Waals surface area contributed by atoms with Crippen molar-refractivity contribution in [1.82, 2.24) is 4.31 Å². The van der Waals surface area contributed by atoms with Crippen LogP contribution in [0, 0.1) is 0 Å². The number of carboxylic acids is 1. The van der Waals surface area contributed by atoms with E-state index in [1.807, 2.05) is 0 Å². The second kappa shape index (κ2) is 11.2. The second-order valence-electron chi connectivity index (χ2n) is 8.16. The summed E-state index contributed by atoms with van der Waals surface area (Å²) >= 11 is 0. The van der Waals surface area contributed by atoms with Crippen LogP contribution >= 0.6 is 0 Å². The minimum atomic E-state index is -4.19. The van der Waals surface area contributed by atoms with Crippen LogP contribution in [-0.2, 0) is 37.3 Å². The lowest BCUT2D eigenvalue weighted by atomic mass is 10.0. The Morgan fingerprint density at radius 1 is 0.917 bits per heavy atom. The summed E-state index contributed by atoms with van der Waals surface area (Å²) < 4.78 is 39.7. The van der Waals surface area contributed by atoms with Crippen molar-refractivity contribution >= 4 is 21.8 Å². The molecule has 1 heterocycles. The van der Waals surface area contributed by atoms with Crippen molar-refractivity contribution in [3.05, 3.63) is 114 Å². The van der Waals surface area contributed by atoms with E-state index in [0.29, 0.717) is 17.5 Å². The number of nitrogens with zero attached hydrogens (tertiary/aromatic N) is 1. The molecule has 0 fully saturated rings. The molecule has 3 aromatic carbocycles. The van der Waals surface area contributed by atoms with Gasteiger partial charge in [-0.25, -0.2) is 8.42 Å². The van der Waals surface area contributed by atoms with Gasteiger partial charge >= 0.3 is 5.97 Å². The number of carboxylic acid groups (broad SMARTS) is 1. The van der Waals surface area contributed by atoms with E-state index in [1.165, 1.54) is 18.4 Å². The molecule has 186 valence electrons. The van der Waals surface area contributed by atoms with E-state index in [2.05, 4.69) is 0 Å². The van der Waals surface area contributed by atoms with Crippen LogP contribution in [0.1, 0.15) is 27.9 Å². The maximum Gasteiger partial charge on any atom is 0.303 e. The first-order valence-corrected chi connectivity index (χ1v) is 12.7. The molecular formula is C27H25NO7S. The SMILES string of the molecule is O=C(O)CCc1cccc(CN(C(C(=O)c2ccccc2)C2=COCO2)S(=O)(=O)c2ccccc2)c1. The van der Waals surface area contributed by atoms with E-state index in [-0.39, 0.29) is 30.4 Å². The molecule has 1 aliphatic heterocycles. The highest BCUT2D eigenvalue weighted by atomic mass is 32.2. The molecule has 0 bridgehead atoms. The molecule has 0 radical (unpaired) electrons. The van der Waals surface area contributed by atoms with E-state index in [9.17, 15) is 18.0 Å². The number of sulfonamides is 1. The summed E-state index contributed by atoms with van der Waals surface area (Å²) in [7, 11) is -4.19. The highest BCUT2D eigenvalue weighted by Crippen LogP contribution is 2.29. The number of ether oxygens (including phenoxy) is 2. The van der Waals surface area contributed by atoms with Gasteiger partial charge in [0, 0.05) is 18.5 Å². The largest absolute Gasteiger partial charge is 0.481 e. The lowest BCUT2D eigenvalue weighted by Crippen LogP contribution is -2.46. The van der Waals surface area contributed by atoms with E-state index >= 15 is 0 Å². The Balaban J connectivity index is 1.80. The number of hydrogen-bond donors (Lipinski definition) is 1. The molecule has 0 saturated carbocycles. The van der Waals surface area contributed by atoms with Crippen LogP contribution in [-0.4, -0.2) is 42.4 Å². The lowest BCUT2D eigenvalue weighted by Gasteiger charge is -2.30. The van der Waals surface area contributed by atoms with Gasteiger partial charge in [0.25, 0.3) is 0 Å². The minimum absolute atomic E-state index is 0.0254. The van der Waals surface area contributed by atoms with Crippen LogP contribution in [0.25, 0.3) is 0 Å². The normalized spacial score (nSPS) is 14.0. The number of hydrogen-bond acceptors (Lipinski definition) is 6. The fraction of sp³-hybridized carbons (Fsp3) is 0.185. The fourth-order valence-corrected chi connectivity index (χ4v) is 5.48. The first-order chi connectivity index (χ1) is 17.4. The minimum Gasteiger partial charge on any atom is -0.481 e. The Morgan fingerprint density at radius 3 is 2.22 bits per heavy atom. The number of aliphatic carboxylic acids is 1. The number of rotatable bonds is 11. The van der Waals surface area contributed by atoms with E-state index in [1.54, 1.807) is 72.8 Å². The molecule has 8 nitrogen and oxygen atoms in total. The first-order valence-electron chi connectivity index (χ1n) is 11.3. The van der Waals surface area contributed by atoms with Gasteiger partial charge in [0.2, 0.25) is 16.8 Å². The van der Waals surface area contributed by atoms with Gasteiger partial charge in [-0.3, -0.25) is 9.59 Å². The zero-order valence-electron chi connectivity index (χ0n) is 19.3. The van der Waals surface area contributed by atoms with Gasteiger partial charge in [0.1, 0.15) is 12.3 Å². The van der Waals surface area contributed by atoms with Crippen LogP contribution in [0.3, 0.4) is 0 Å².